The first-order valence-corrected chi connectivity index (χ1v) is 7.22. The molecule has 0 radical (unpaired) electrons. The smallest absolute Gasteiger partial charge is 0.339 e. The molecule has 0 aliphatic rings. The molecule has 0 aliphatic heterocycles. The Morgan fingerprint density at radius 1 is 1.15 bits per heavy atom. The second kappa shape index (κ2) is 6.37. The van der Waals surface area contributed by atoms with Crippen molar-refractivity contribution < 1.29 is 13.9 Å². The molecule has 2 rings (SSSR count). The van der Waals surface area contributed by atoms with Crippen LogP contribution in [-0.4, -0.2) is 5.97 Å². The lowest BCUT2D eigenvalue weighted by molar-refractivity contribution is 0.0471. The van der Waals surface area contributed by atoms with Crippen LogP contribution >= 0.6 is 31.9 Å². The van der Waals surface area contributed by atoms with Crippen LogP contribution in [0.3, 0.4) is 0 Å². The molecule has 0 heterocycles. The molecule has 0 saturated heterocycles. The quantitative estimate of drug-likeness (QED) is 0.615. The summed E-state index contributed by atoms with van der Waals surface area (Å²) in [6.45, 7) is 0.0545. The highest BCUT2D eigenvalue weighted by molar-refractivity contribution is 9.10. The second-order valence-corrected chi connectivity index (χ2v) is 5.77. The van der Waals surface area contributed by atoms with E-state index in [4.69, 9.17) is 10.5 Å². The molecule has 0 fully saturated rings. The first-order valence-electron chi connectivity index (χ1n) is 5.63. The molecule has 104 valence electrons. The number of esters is 1. The zero-order chi connectivity index (χ0) is 14.7. The maximum atomic E-state index is 13.1. The number of ether oxygens (including phenoxy) is 1. The van der Waals surface area contributed by atoms with E-state index < -0.39 is 5.97 Å². The first-order chi connectivity index (χ1) is 9.47. The van der Waals surface area contributed by atoms with Gasteiger partial charge in [-0.1, -0.05) is 6.07 Å². The van der Waals surface area contributed by atoms with Gasteiger partial charge in [0.05, 0.1) is 10.0 Å². The second-order valence-electron chi connectivity index (χ2n) is 4.06. The maximum Gasteiger partial charge on any atom is 0.339 e. The molecule has 3 nitrogen and oxygen atoms in total. The van der Waals surface area contributed by atoms with Crippen LogP contribution in [0, 0.1) is 5.82 Å². The molecule has 0 saturated carbocycles. The van der Waals surface area contributed by atoms with Gasteiger partial charge in [0.15, 0.2) is 0 Å². The van der Waals surface area contributed by atoms with Crippen molar-refractivity contribution in [2.24, 2.45) is 0 Å². The summed E-state index contributed by atoms with van der Waals surface area (Å²) in [7, 11) is 0. The van der Waals surface area contributed by atoms with Crippen LogP contribution in [0.1, 0.15) is 15.9 Å². The summed E-state index contributed by atoms with van der Waals surface area (Å²) in [5, 5.41) is 0. The van der Waals surface area contributed by atoms with Crippen LogP contribution in [0.2, 0.25) is 0 Å². The average molecular weight is 403 g/mol. The Kier molecular flexibility index (Phi) is 4.77. The third-order valence-electron chi connectivity index (χ3n) is 2.56. The fourth-order valence-electron chi connectivity index (χ4n) is 1.56. The number of halogens is 3. The normalized spacial score (nSPS) is 10.3. The molecular weight excluding hydrogens is 393 g/mol. The maximum absolute atomic E-state index is 13.1. The number of carbonyl (C=O) groups excluding carboxylic acids is 1. The van der Waals surface area contributed by atoms with Crippen LogP contribution in [0.15, 0.2) is 45.3 Å². The van der Waals surface area contributed by atoms with Gasteiger partial charge in [-0.3, -0.25) is 0 Å². The summed E-state index contributed by atoms with van der Waals surface area (Å²) in [6, 6.07) is 9.33. The molecule has 0 aliphatic carbocycles. The Morgan fingerprint density at radius 3 is 2.60 bits per heavy atom. The van der Waals surface area contributed by atoms with Crippen LogP contribution in [-0.2, 0) is 11.3 Å². The van der Waals surface area contributed by atoms with Crippen molar-refractivity contribution in [2.75, 3.05) is 5.73 Å². The topological polar surface area (TPSA) is 52.3 Å². The van der Waals surface area contributed by atoms with E-state index in [-0.39, 0.29) is 12.4 Å². The highest BCUT2D eigenvalue weighted by Crippen LogP contribution is 2.22. The van der Waals surface area contributed by atoms with E-state index in [9.17, 15) is 9.18 Å². The van der Waals surface area contributed by atoms with Gasteiger partial charge in [-0.2, -0.15) is 0 Å². The van der Waals surface area contributed by atoms with E-state index >= 15 is 0 Å². The zero-order valence-corrected chi connectivity index (χ0v) is 13.4. The average Bonchev–Trinajstić information content (AvgIpc) is 2.42. The van der Waals surface area contributed by atoms with Crippen LogP contribution in [0.4, 0.5) is 10.1 Å². The van der Waals surface area contributed by atoms with Gasteiger partial charge in [-0.15, -0.1) is 0 Å². The molecule has 2 N–H and O–H groups in total. The van der Waals surface area contributed by atoms with Gasteiger partial charge in [0.2, 0.25) is 0 Å². The van der Waals surface area contributed by atoms with Gasteiger partial charge in [-0.25, -0.2) is 9.18 Å². The Labute approximate surface area is 132 Å². The van der Waals surface area contributed by atoms with E-state index in [2.05, 4.69) is 31.9 Å². The summed E-state index contributed by atoms with van der Waals surface area (Å²) in [6.07, 6.45) is 0. The molecule has 20 heavy (non-hydrogen) atoms. The van der Waals surface area contributed by atoms with Gasteiger partial charge in [0.25, 0.3) is 0 Å². The lowest BCUT2D eigenvalue weighted by atomic mass is 10.2. The molecule has 0 bridgehead atoms. The third-order valence-corrected chi connectivity index (χ3v) is 3.86. The number of nitrogen functional groups attached to an aromatic ring is 1. The molecule has 0 spiro atoms. The van der Waals surface area contributed by atoms with Crippen LogP contribution in [0.5, 0.6) is 0 Å². The van der Waals surface area contributed by atoms with Crippen molar-refractivity contribution >= 4 is 43.5 Å². The van der Waals surface area contributed by atoms with Gasteiger partial charge in [-0.05, 0) is 67.8 Å². The minimum Gasteiger partial charge on any atom is -0.457 e. The molecule has 0 aromatic heterocycles. The van der Waals surface area contributed by atoms with E-state index in [1.54, 1.807) is 24.3 Å². The molecule has 0 amide bonds. The fourth-order valence-corrected chi connectivity index (χ4v) is 2.39. The Balaban J connectivity index is 2.08. The molecule has 2 aromatic carbocycles. The summed E-state index contributed by atoms with van der Waals surface area (Å²) in [5.74, 6) is -0.858. The summed E-state index contributed by atoms with van der Waals surface area (Å²) >= 11 is 6.34. The highest BCUT2D eigenvalue weighted by atomic mass is 79.9. The number of hydrogen-bond acceptors (Lipinski definition) is 3. The van der Waals surface area contributed by atoms with Crippen molar-refractivity contribution in [3.8, 4) is 0 Å². The Bertz CT molecular complexity index is 662. The van der Waals surface area contributed by atoms with E-state index in [1.807, 2.05) is 0 Å². The molecule has 6 heteroatoms. The van der Waals surface area contributed by atoms with Gasteiger partial charge >= 0.3 is 5.97 Å². The molecule has 0 unspecified atom stereocenters. The molecular formula is C14H10Br2FNO2. The summed E-state index contributed by atoms with van der Waals surface area (Å²) in [4.78, 5) is 11.9. The number of benzene rings is 2. The predicted molar refractivity (Wildman–Crippen MR) is 81.8 cm³/mol. The Hall–Kier alpha value is -1.40. The lowest BCUT2D eigenvalue weighted by Gasteiger charge is -2.08. The number of nitrogens with two attached hydrogens (primary N) is 1. The van der Waals surface area contributed by atoms with E-state index in [1.165, 1.54) is 12.1 Å². The molecule has 0 atom stereocenters. The van der Waals surface area contributed by atoms with Crippen molar-refractivity contribution in [2.45, 2.75) is 6.61 Å². The monoisotopic (exact) mass is 401 g/mol. The van der Waals surface area contributed by atoms with Crippen molar-refractivity contribution in [3.05, 3.63) is 62.3 Å². The van der Waals surface area contributed by atoms with Crippen molar-refractivity contribution in [1.29, 1.82) is 0 Å². The fraction of sp³-hybridized carbons (Fsp3) is 0.0714. The summed E-state index contributed by atoms with van der Waals surface area (Å²) < 4.78 is 19.2. The lowest BCUT2D eigenvalue weighted by Crippen LogP contribution is -2.07. The standard InChI is InChI=1S/C14H10Br2FNO2/c15-11-3-2-9(18)6-10(11)14(19)20-7-8-1-4-13(17)12(16)5-8/h1-6H,7,18H2. The van der Waals surface area contributed by atoms with Gasteiger partial charge in [0, 0.05) is 10.2 Å². The third kappa shape index (κ3) is 3.58. The van der Waals surface area contributed by atoms with E-state index in [0.717, 1.165) is 0 Å². The Morgan fingerprint density at radius 2 is 1.90 bits per heavy atom. The van der Waals surface area contributed by atoms with Gasteiger partial charge in [0.1, 0.15) is 12.4 Å². The summed E-state index contributed by atoms with van der Waals surface area (Å²) in [5.41, 5.74) is 7.15. The number of anilines is 1. The van der Waals surface area contributed by atoms with Crippen LogP contribution in [0.25, 0.3) is 0 Å². The number of rotatable bonds is 3. The highest BCUT2D eigenvalue weighted by Gasteiger charge is 2.12. The first kappa shape index (κ1) is 15.0. The van der Waals surface area contributed by atoms with Crippen molar-refractivity contribution in [3.63, 3.8) is 0 Å². The number of carbonyl (C=O) groups is 1. The van der Waals surface area contributed by atoms with Crippen molar-refractivity contribution in [1.82, 2.24) is 0 Å². The predicted octanol–water partition coefficient (Wildman–Crippen LogP) is 4.29. The van der Waals surface area contributed by atoms with Gasteiger partial charge < -0.3 is 10.5 Å². The minimum absolute atomic E-state index is 0.0545. The van der Waals surface area contributed by atoms with E-state index in [0.29, 0.717) is 25.8 Å². The minimum atomic E-state index is -0.496. The largest absolute Gasteiger partial charge is 0.457 e. The molecule has 2 aromatic rings. The number of hydrogen-bond donors (Lipinski definition) is 1. The van der Waals surface area contributed by atoms with Crippen LogP contribution < -0.4 is 5.73 Å². The zero-order valence-electron chi connectivity index (χ0n) is 10.2. The SMILES string of the molecule is Nc1ccc(Br)c(C(=O)OCc2ccc(F)c(Br)c2)c1.